The number of nitrogens with zero attached hydrogens (tertiary/aromatic N) is 1. The number of para-hydroxylation sites is 1. The van der Waals surface area contributed by atoms with Crippen molar-refractivity contribution in [3.63, 3.8) is 0 Å². The number of rotatable bonds is 4. The van der Waals surface area contributed by atoms with Crippen LogP contribution in [0.4, 0.5) is 5.69 Å². The van der Waals surface area contributed by atoms with E-state index in [4.69, 9.17) is 0 Å². The van der Waals surface area contributed by atoms with Crippen LogP contribution in [0.25, 0.3) is 5.57 Å². The Labute approximate surface area is 150 Å². The topological polar surface area (TPSA) is 3.24 Å². The minimum atomic E-state index is 0.941. The summed E-state index contributed by atoms with van der Waals surface area (Å²) in [6, 6.07) is 30.2. The number of fused-ring (bicyclic) bond motifs is 1. The lowest BCUT2D eigenvalue weighted by Crippen LogP contribution is -2.29. The van der Waals surface area contributed by atoms with Gasteiger partial charge in [-0.3, -0.25) is 0 Å². The minimum Gasteiger partial charge on any atom is -0.368 e. The molecule has 4 rings (SSSR count). The first-order valence-electron chi connectivity index (χ1n) is 9.06. The number of anilines is 1. The molecule has 1 aliphatic rings. The molecular formula is C24H23N. The molecule has 0 bridgehead atoms. The van der Waals surface area contributed by atoms with Crippen LogP contribution in [-0.4, -0.2) is 13.1 Å². The Kier molecular flexibility index (Phi) is 4.65. The van der Waals surface area contributed by atoms with Gasteiger partial charge in [0.05, 0.1) is 0 Å². The number of benzene rings is 3. The molecule has 0 radical (unpaired) electrons. The molecule has 1 heterocycles. The van der Waals surface area contributed by atoms with Gasteiger partial charge in [0, 0.05) is 18.8 Å². The van der Waals surface area contributed by atoms with Gasteiger partial charge in [-0.2, -0.15) is 0 Å². The van der Waals surface area contributed by atoms with E-state index in [-0.39, 0.29) is 0 Å². The van der Waals surface area contributed by atoms with Gasteiger partial charge in [0.25, 0.3) is 0 Å². The number of hydrogen-bond acceptors (Lipinski definition) is 1. The smallest absolute Gasteiger partial charge is 0.0401 e. The zero-order valence-corrected chi connectivity index (χ0v) is 14.4. The molecule has 0 spiro atoms. The van der Waals surface area contributed by atoms with Gasteiger partial charge in [-0.25, -0.2) is 0 Å². The number of hydrogen-bond donors (Lipinski definition) is 0. The van der Waals surface area contributed by atoms with Crippen LogP contribution < -0.4 is 4.90 Å². The fraction of sp³-hybridized carbons (Fsp3) is 0.167. The van der Waals surface area contributed by atoms with Crippen molar-refractivity contribution in [2.24, 2.45) is 0 Å². The molecule has 0 saturated heterocycles. The highest BCUT2D eigenvalue weighted by Crippen LogP contribution is 2.28. The molecule has 0 N–H and O–H groups in total. The second-order valence-corrected chi connectivity index (χ2v) is 6.53. The molecular weight excluding hydrogens is 302 g/mol. The lowest BCUT2D eigenvalue weighted by Gasteiger charge is -2.30. The van der Waals surface area contributed by atoms with E-state index < -0.39 is 0 Å². The standard InChI is InChI=1S/C24H23N/c1-3-10-20(11-4-1)23(21-12-5-2-6-13-21)17-19-25-18-9-15-22-14-7-8-16-24(22)25/h1-8,10-14,16-17H,9,15,18-19H2. The van der Waals surface area contributed by atoms with E-state index in [2.05, 4.69) is 95.9 Å². The maximum Gasteiger partial charge on any atom is 0.0401 e. The van der Waals surface area contributed by atoms with Crippen molar-refractivity contribution >= 4 is 11.3 Å². The quantitative estimate of drug-likeness (QED) is 0.606. The first kappa shape index (κ1) is 15.7. The molecule has 0 aromatic heterocycles. The summed E-state index contributed by atoms with van der Waals surface area (Å²) in [6.07, 6.45) is 4.81. The first-order chi connectivity index (χ1) is 12.4. The van der Waals surface area contributed by atoms with Crippen molar-refractivity contribution in [2.75, 3.05) is 18.0 Å². The van der Waals surface area contributed by atoms with Crippen LogP contribution >= 0.6 is 0 Å². The molecule has 0 atom stereocenters. The summed E-state index contributed by atoms with van der Waals surface area (Å²) < 4.78 is 0. The van der Waals surface area contributed by atoms with Crippen molar-refractivity contribution in [3.05, 3.63) is 108 Å². The Morgan fingerprint density at radius 1 is 0.760 bits per heavy atom. The van der Waals surface area contributed by atoms with Crippen molar-refractivity contribution in [2.45, 2.75) is 12.8 Å². The molecule has 124 valence electrons. The monoisotopic (exact) mass is 325 g/mol. The molecule has 25 heavy (non-hydrogen) atoms. The van der Waals surface area contributed by atoms with E-state index in [1.165, 1.54) is 40.8 Å². The van der Waals surface area contributed by atoms with E-state index >= 15 is 0 Å². The van der Waals surface area contributed by atoms with Gasteiger partial charge in [0.1, 0.15) is 0 Å². The van der Waals surface area contributed by atoms with Crippen LogP contribution in [0.5, 0.6) is 0 Å². The fourth-order valence-corrected chi connectivity index (χ4v) is 3.64. The predicted octanol–water partition coefficient (Wildman–Crippen LogP) is 5.57. The molecule has 0 fully saturated rings. The molecule has 3 aromatic rings. The Morgan fingerprint density at radius 3 is 2.04 bits per heavy atom. The summed E-state index contributed by atoms with van der Waals surface area (Å²) >= 11 is 0. The van der Waals surface area contributed by atoms with Gasteiger partial charge in [-0.15, -0.1) is 0 Å². The van der Waals surface area contributed by atoms with E-state index in [0.29, 0.717) is 0 Å². The highest BCUT2D eigenvalue weighted by Gasteiger charge is 2.15. The second-order valence-electron chi connectivity index (χ2n) is 6.53. The molecule has 0 saturated carbocycles. The van der Waals surface area contributed by atoms with E-state index in [1.807, 2.05) is 0 Å². The highest BCUT2D eigenvalue weighted by atomic mass is 15.1. The lowest BCUT2D eigenvalue weighted by atomic mass is 9.97. The summed E-state index contributed by atoms with van der Waals surface area (Å²) in [5.41, 5.74) is 6.73. The van der Waals surface area contributed by atoms with Crippen LogP contribution in [0.1, 0.15) is 23.1 Å². The van der Waals surface area contributed by atoms with Crippen LogP contribution in [0.3, 0.4) is 0 Å². The molecule has 1 heteroatoms. The Balaban J connectivity index is 1.67. The highest BCUT2D eigenvalue weighted by molar-refractivity contribution is 5.80. The third kappa shape index (κ3) is 3.51. The van der Waals surface area contributed by atoms with E-state index in [1.54, 1.807) is 0 Å². The average Bonchev–Trinajstić information content (AvgIpc) is 2.70. The third-order valence-electron chi connectivity index (χ3n) is 4.89. The van der Waals surface area contributed by atoms with Gasteiger partial charge in [0.15, 0.2) is 0 Å². The SMILES string of the molecule is C(CN1CCCc2ccccc21)=C(c1ccccc1)c1ccccc1. The summed E-state index contributed by atoms with van der Waals surface area (Å²) in [5, 5.41) is 0. The van der Waals surface area contributed by atoms with Gasteiger partial charge >= 0.3 is 0 Å². The van der Waals surface area contributed by atoms with Gasteiger partial charge in [-0.05, 0) is 41.2 Å². The maximum absolute atomic E-state index is 2.50. The molecule has 0 unspecified atom stereocenters. The van der Waals surface area contributed by atoms with Crippen molar-refractivity contribution in [3.8, 4) is 0 Å². The minimum absolute atomic E-state index is 0.941. The summed E-state index contributed by atoms with van der Waals surface area (Å²) in [7, 11) is 0. The summed E-state index contributed by atoms with van der Waals surface area (Å²) in [6.45, 7) is 2.07. The summed E-state index contributed by atoms with van der Waals surface area (Å²) in [4.78, 5) is 2.50. The van der Waals surface area contributed by atoms with E-state index in [9.17, 15) is 0 Å². The zero-order chi connectivity index (χ0) is 16.9. The van der Waals surface area contributed by atoms with Crippen molar-refractivity contribution in [1.29, 1.82) is 0 Å². The average molecular weight is 325 g/mol. The zero-order valence-electron chi connectivity index (χ0n) is 14.4. The molecule has 0 aliphatic carbocycles. The number of aryl methyl sites for hydroxylation is 1. The lowest BCUT2D eigenvalue weighted by molar-refractivity contribution is 0.722. The van der Waals surface area contributed by atoms with Crippen LogP contribution in [0.2, 0.25) is 0 Å². The van der Waals surface area contributed by atoms with Crippen LogP contribution in [-0.2, 0) is 6.42 Å². The van der Waals surface area contributed by atoms with Crippen LogP contribution in [0.15, 0.2) is 91.0 Å². The van der Waals surface area contributed by atoms with Crippen LogP contribution in [0, 0.1) is 0 Å². The van der Waals surface area contributed by atoms with Crippen molar-refractivity contribution < 1.29 is 0 Å². The molecule has 1 aliphatic heterocycles. The molecule has 1 nitrogen and oxygen atoms in total. The molecule has 3 aromatic carbocycles. The maximum atomic E-state index is 2.50. The first-order valence-corrected chi connectivity index (χ1v) is 9.06. The van der Waals surface area contributed by atoms with Gasteiger partial charge < -0.3 is 4.90 Å². The van der Waals surface area contributed by atoms with Crippen molar-refractivity contribution in [1.82, 2.24) is 0 Å². The Hall–Kier alpha value is -2.80. The van der Waals surface area contributed by atoms with E-state index in [0.717, 1.165) is 13.1 Å². The third-order valence-corrected chi connectivity index (χ3v) is 4.89. The Morgan fingerprint density at radius 2 is 1.36 bits per heavy atom. The molecule has 0 amide bonds. The summed E-state index contributed by atoms with van der Waals surface area (Å²) in [5.74, 6) is 0. The Bertz CT molecular complexity index is 808. The fourth-order valence-electron chi connectivity index (χ4n) is 3.64. The largest absolute Gasteiger partial charge is 0.368 e. The predicted molar refractivity (Wildman–Crippen MR) is 107 cm³/mol. The van der Waals surface area contributed by atoms with Gasteiger partial charge in [-0.1, -0.05) is 84.9 Å². The second kappa shape index (κ2) is 7.40. The van der Waals surface area contributed by atoms with Gasteiger partial charge in [0.2, 0.25) is 0 Å². The normalized spacial score (nSPS) is 13.2.